The standard InChI is InChI=1S/C51H58ClFN6O10S/c1-49(2,3)48(61)68-33-58(70(64,65)40-11-13-44(43(28-40)59(62)63)67-32-51(53)17-24-66-25-18-51)47(60)41-12-10-38(27-45(41)69-39-26-35-15-19-54-46(35)55-30-39)57-22-20-56(21-23-57)31-36-14-16-50(4,5)29-42(36)34-6-8-37(52)9-7-34/h6-13,15,19,26-28,30H,14,16-18,20-25,29,31-33H2,1-5H3,(H,54,55). The first-order valence-corrected chi connectivity index (χ1v) is 25.1. The molecule has 3 aromatic carbocycles. The van der Waals surface area contributed by atoms with Gasteiger partial charge in [0, 0.05) is 93.2 Å². The molecule has 2 aliphatic heterocycles. The van der Waals surface area contributed by atoms with Crippen LogP contribution in [0.3, 0.4) is 0 Å². The van der Waals surface area contributed by atoms with Crippen LogP contribution in [0.4, 0.5) is 15.8 Å². The summed E-state index contributed by atoms with van der Waals surface area (Å²) in [6.07, 6.45) is 6.29. The van der Waals surface area contributed by atoms with Gasteiger partial charge in [-0.1, -0.05) is 43.2 Å². The maximum absolute atomic E-state index is 15.4. The smallest absolute Gasteiger partial charge is 0.312 e. The number of H-pyrrole nitrogens is 1. The predicted molar refractivity (Wildman–Crippen MR) is 264 cm³/mol. The third-order valence-corrected chi connectivity index (χ3v) is 15.0. The average Bonchev–Trinajstić information content (AvgIpc) is 3.80. The number of hydrogen-bond donors (Lipinski definition) is 1. The van der Waals surface area contributed by atoms with Crippen LogP contribution >= 0.6 is 11.6 Å². The lowest BCUT2D eigenvalue weighted by molar-refractivity contribution is -0.386. The van der Waals surface area contributed by atoms with Crippen LogP contribution in [0.25, 0.3) is 16.6 Å². The fraction of sp³-hybridized carbons (Fsp3) is 0.431. The van der Waals surface area contributed by atoms with Gasteiger partial charge in [0.2, 0.25) is 0 Å². The zero-order chi connectivity index (χ0) is 50.0. The highest BCUT2D eigenvalue weighted by Crippen LogP contribution is 2.44. The van der Waals surface area contributed by atoms with Crippen LogP contribution < -0.4 is 14.4 Å². The Labute approximate surface area is 411 Å². The number of nitrogens with one attached hydrogen (secondary N) is 1. The molecule has 4 heterocycles. The van der Waals surface area contributed by atoms with Gasteiger partial charge in [0.15, 0.2) is 12.5 Å². The van der Waals surface area contributed by atoms with E-state index < -0.39 is 61.8 Å². The van der Waals surface area contributed by atoms with Gasteiger partial charge in [-0.3, -0.25) is 24.6 Å². The van der Waals surface area contributed by atoms with Crippen LogP contribution in [0.5, 0.6) is 17.2 Å². The summed E-state index contributed by atoms with van der Waals surface area (Å²) in [5, 5.41) is 13.8. The summed E-state index contributed by atoms with van der Waals surface area (Å²) in [4.78, 5) is 50.9. The monoisotopic (exact) mass is 1000 g/mol. The molecule has 372 valence electrons. The molecular formula is C51H58ClFN6O10S. The number of rotatable bonds is 15. The molecule has 3 aliphatic rings. The molecule has 1 aliphatic carbocycles. The number of nitro benzene ring substituents is 1. The Bertz CT molecular complexity index is 2910. The minimum Gasteiger partial charge on any atom is -0.483 e. The van der Waals surface area contributed by atoms with Crippen LogP contribution in [0.15, 0.2) is 95.7 Å². The number of aromatic amines is 1. The number of pyridine rings is 1. The van der Waals surface area contributed by atoms with Crippen molar-refractivity contribution in [3.8, 4) is 17.2 Å². The van der Waals surface area contributed by atoms with Crippen molar-refractivity contribution in [2.24, 2.45) is 10.8 Å². The van der Waals surface area contributed by atoms with E-state index in [1.165, 1.54) is 29.0 Å². The molecule has 2 aromatic heterocycles. The molecule has 0 bridgehead atoms. The molecule has 0 spiro atoms. The molecule has 0 saturated carbocycles. The first-order chi connectivity index (χ1) is 33.2. The maximum Gasteiger partial charge on any atom is 0.312 e. The molecule has 8 rings (SSSR count). The van der Waals surface area contributed by atoms with E-state index in [9.17, 15) is 28.1 Å². The van der Waals surface area contributed by atoms with Gasteiger partial charge in [0.25, 0.3) is 15.9 Å². The van der Waals surface area contributed by atoms with Crippen LogP contribution in [0, 0.1) is 20.9 Å². The molecule has 2 saturated heterocycles. The molecular weight excluding hydrogens is 943 g/mol. The highest BCUT2D eigenvalue weighted by Gasteiger charge is 2.38. The summed E-state index contributed by atoms with van der Waals surface area (Å²) >= 11 is 6.26. The Morgan fingerprint density at radius 3 is 2.40 bits per heavy atom. The molecule has 2 fully saturated rings. The van der Waals surface area contributed by atoms with Gasteiger partial charge in [-0.05, 0) is 105 Å². The second-order valence-corrected chi connectivity index (χ2v) is 22.3. The molecule has 0 unspecified atom stereocenters. The Hall–Kier alpha value is -6.08. The average molecular weight is 1000 g/mol. The van der Waals surface area contributed by atoms with Gasteiger partial charge in [0.05, 0.1) is 27.0 Å². The number of allylic oxidation sites excluding steroid dienone is 1. The first kappa shape index (κ1) is 50.3. The minimum absolute atomic E-state index is 0.0166. The van der Waals surface area contributed by atoms with E-state index in [-0.39, 0.29) is 54.3 Å². The quantitative estimate of drug-likeness (QED) is 0.0452. The summed E-state index contributed by atoms with van der Waals surface area (Å²) in [5.74, 6) is -2.10. The summed E-state index contributed by atoms with van der Waals surface area (Å²) in [6.45, 7) is 11.6. The predicted octanol–water partition coefficient (Wildman–Crippen LogP) is 9.98. The SMILES string of the molecule is CC1(C)CCC(CN2CCN(c3ccc(C(=O)N(COC(=O)C(C)(C)C)S(=O)(=O)c4ccc(OCC5(F)CCOCC5)c([N+](=O)[O-])c4)c(Oc4cnc5[nH]ccc5c4)c3)CC2)=C(c2ccc(Cl)cc2)C1. The maximum atomic E-state index is 15.4. The van der Waals surface area contributed by atoms with Gasteiger partial charge in [0.1, 0.15) is 29.4 Å². The topological polar surface area (TPSA) is 187 Å². The number of benzene rings is 3. The third-order valence-electron chi connectivity index (χ3n) is 13.1. The first-order valence-electron chi connectivity index (χ1n) is 23.3. The molecule has 16 nitrogen and oxygen atoms in total. The van der Waals surface area contributed by atoms with Crippen molar-refractivity contribution < 1.29 is 46.3 Å². The number of sulfonamides is 1. The number of hydrogen-bond acceptors (Lipinski definition) is 13. The van der Waals surface area contributed by atoms with Crippen LogP contribution in [0.2, 0.25) is 5.02 Å². The number of carbonyl (C=O) groups is 2. The molecule has 0 radical (unpaired) electrons. The summed E-state index contributed by atoms with van der Waals surface area (Å²) in [7, 11) is -5.04. The van der Waals surface area contributed by atoms with E-state index in [0.29, 0.717) is 33.8 Å². The molecule has 19 heteroatoms. The number of carbonyl (C=O) groups excluding carboxylic acids is 2. The van der Waals surface area contributed by atoms with E-state index >= 15 is 4.39 Å². The van der Waals surface area contributed by atoms with Gasteiger partial charge in [-0.2, -0.15) is 4.31 Å². The number of alkyl halides is 1. The number of fused-ring (bicyclic) bond motifs is 1. The van der Waals surface area contributed by atoms with Crippen molar-refractivity contribution >= 4 is 61.5 Å². The second kappa shape index (κ2) is 20.3. The largest absolute Gasteiger partial charge is 0.483 e. The fourth-order valence-corrected chi connectivity index (χ4v) is 10.2. The number of ether oxygens (including phenoxy) is 4. The number of nitro groups is 1. The molecule has 1 amide bonds. The summed E-state index contributed by atoms with van der Waals surface area (Å²) in [6, 6.07) is 19.2. The van der Waals surface area contributed by atoms with E-state index in [1.54, 1.807) is 51.2 Å². The van der Waals surface area contributed by atoms with Crippen molar-refractivity contribution in [3.05, 3.63) is 117 Å². The Morgan fingerprint density at radius 1 is 0.971 bits per heavy atom. The lowest BCUT2D eigenvalue weighted by atomic mass is 9.72. The second-order valence-electron chi connectivity index (χ2n) is 20.0. The Balaban J connectivity index is 1.09. The van der Waals surface area contributed by atoms with Crippen LogP contribution in [0.1, 0.15) is 82.6 Å². The number of halogens is 2. The zero-order valence-electron chi connectivity index (χ0n) is 40.0. The summed E-state index contributed by atoms with van der Waals surface area (Å²) < 4.78 is 67.8. The van der Waals surface area contributed by atoms with Gasteiger partial charge in [-0.15, -0.1) is 0 Å². The van der Waals surface area contributed by atoms with Gasteiger partial charge in [-0.25, -0.2) is 17.8 Å². The van der Waals surface area contributed by atoms with Crippen molar-refractivity contribution in [2.45, 2.75) is 77.3 Å². The third kappa shape index (κ3) is 11.6. The number of amides is 1. The highest BCUT2D eigenvalue weighted by atomic mass is 35.5. The van der Waals surface area contributed by atoms with E-state index in [1.807, 2.05) is 12.1 Å². The van der Waals surface area contributed by atoms with Crippen molar-refractivity contribution in [1.29, 1.82) is 0 Å². The number of nitrogens with zero attached hydrogens (tertiary/aromatic N) is 5. The summed E-state index contributed by atoms with van der Waals surface area (Å²) in [5.41, 5.74) is 1.58. The van der Waals surface area contributed by atoms with Crippen molar-refractivity contribution in [3.63, 3.8) is 0 Å². The van der Waals surface area contributed by atoms with Crippen molar-refractivity contribution in [1.82, 2.24) is 19.2 Å². The minimum atomic E-state index is -5.04. The Kier molecular flexibility index (Phi) is 14.6. The molecule has 0 atom stereocenters. The van der Waals surface area contributed by atoms with Crippen LogP contribution in [-0.2, 0) is 24.3 Å². The van der Waals surface area contributed by atoms with E-state index in [2.05, 4.69) is 45.7 Å². The Morgan fingerprint density at radius 2 is 1.70 bits per heavy atom. The lowest BCUT2D eigenvalue weighted by Gasteiger charge is -2.39. The van der Waals surface area contributed by atoms with Gasteiger partial charge >= 0.3 is 11.7 Å². The molecule has 1 N–H and O–H groups in total. The molecule has 70 heavy (non-hydrogen) atoms. The zero-order valence-corrected chi connectivity index (χ0v) is 41.5. The lowest BCUT2D eigenvalue weighted by Crippen LogP contribution is -2.47. The van der Waals surface area contributed by atoms with E-state index in [4.69, 9.17) is 30.5 Å². The number of anilines is 1. The normalized spacial score (nSPS) is 17.6. The number of aromatic nitrogens is 2. The van der Waals surface area contributed by atoms with Crippen molar-refractivity contribution in [2.75, 3.05) is 64.2 Å². The molecule has 5 aromatic rings. The number of esters is 1. The highest BCUT2D eigenvalue weighted by molar-refractivity contribution is 7.89. The van der Waals surface area contributed by atoms with E-state index in [0.717, 1.165) is 62.5 Å². The number of piperazine rings is 1. The van der Waals surface area contributed by atoms with Gasteiger partial charge < -0.3 is 28.8 Å². The van der Waals surface area contributed by atoms with Crippen LogP contribution in [-0.4, -0.2) is 109 Å². The fourth-order valence-electron chi connectivity index (χ4n) is 8.81.